The summed E-state index contributed by atoms with van der Waals surface area (Å²) in [7, 11) is 0. The Bertz CT molecular complexity index is 1010. The van der Waals surface area contributed by atoms with Crippen LogP contribution in [0.5, 0.6) is 0 Å². The smallest absolute Gasteiger partial charge is 0.0412 e. The summed E-state index contributed by atoms with van der Waals surface area (Å²) in [5, 5.41) is 4.95. The molecule has 1 atom stereocenters. The van der Waals surface area contributed by atoms with Gasteiger partial charge in [0.2, 0.25) is 0 Å². The topological polar surface area (TPSA) is 12.0 Å². The molecule has 0 bridgehead atoms. The van der Waals surface area contributed by atoms with Crippen molar-refractivity contribution in [3.05, 3.63) is 88.6 Å². The summed E-state index contributed by atoms with van der Waals surface area (Å²) in [5.74, 6) is 0.395. The summed E-state index contributed by atoms with van der Waals surface area (Å²) < 4.78 is 1.41. The molecule has 2 aliphatic carbocycles. The van der Waals surface area contributed by atoms with E-state index >= 15 is 0 Å². The van der Waals surface area contributed by atoms with Gasteiger partial charge in [-0.3, -0.25) is 0 Å². The molecule has 1 aromatic carbocycles. The van der Waals surface area contributed by atoms with Crippen LogP contribution in [-0.2, 0) is 6.42 Å². The molecule has 0 amide bonds. The lowest BCUT2D eigenvalue weighted by molar-refractivity contribution is 0.779. The Labute approximate surface area is 159 Å². The predicted molar refractivity (Wildman–Crippen MR) is 113 cm³/mol. The van der Waals surface area contributed by atoms with Crippen molar-refractivity contribution >= 4 is 27.0 Å². The molecule has 3 aliphatic rings. The van der Waals surface area contributed by atoms with Gasteiger partial charge in [-0.1, -0.05) is 49.1 Å². The van der Waals surface area contributed by atoms with Crippen LogP contribution in [0, 0.1) is 5.92 Å². The minimum atomic E-state index is 0.395. The fourth-order valence-electron chi connectivity index (χ4n) is 4.42. The lowest BCUT2D eigenvalue weighted by atomic mass is 9.82. The molecule has 2 heterocycles. The molecule has 130 valence electrons. The SMILES string of the molecule is C=C1CC(C2=CCCc3c2sc2ccccc32)/C=C\NC2=CCCC=C12. The van der Waals surface area contributed by atoms with Gasteiger partial charge in [0.1, 0.15) is 0 Å². The molecular formula is C24H23NS. The van der Waals surface area contributed by atoms with Gasteiger partial charge in [-0.2, -0.15) is 0 Å². The minimum absolute atomic E-state index is 0.395. The Morgan fingerprint density at radius 2 is 1.92 bits per heavy atom. The highest BCUT2D eigenvalue weighted by atomic mass is 32.1. The number of allylic oxidation sites excluding steroid dienone is 6. The van der Waals surface area contributed by atoms with Gasteiger partial charge in [-0.15, -0.1) is 11.3 Å². The van der Waals surface area contributed by atoms with E-state index < -0.39 is 0 Å². The molecule has 0 spiro atoms. The normalized spacial score (nSPS) is 23.6. The maximum atomic E-state index is 4.44. The first-order chi connectivity index (χ1) is 12.8. The number of thiophene rings is 1. The van der Waals surface area contributed by atoms with Crippen LogP contribution in [0.15, 0.2) is 78.2 Å². The van der Waals surface area contributed by atoms with E-state index in [-0.39, 0.29) is 0 Å². The Hall–Kier alpha value is -2.32. The summed E-state index contributed by atoms with van der Waals surface area (Å²) in [4.78, 5) is 1.49. The third-order valence-corrected chi connectivity index (χ3v) is 6.95. The Morgan fingerprint density at radius 1 is 1.04 bits per heavy atom. The van der Waals surface area contributed by atoms with E-state index in [9.17, 15) is 0 Å². The number of fused-ring (bicyclic) bond motifs is 4. The summed E-state index contributed by atoms with van der Waals surface area (Å²) in [6.45, 7) is 4.44. The van der Waals surface area contributed by atoms with Gasteiger partial charge >= 0.3 is 0 Å². The molecule has 1 aromatic heterocycles. The number of benzene rings is 1. The predicted octanol–water partition coefficient (Wildman–Crippen LogP) is 6.51. The second-order valence-corrected chi connectivity index (χ2v) is 8.39. The van der Waals surface area contributed by atoms with Crippen LogP contribution >= 0.6 is 11.3 Å². The van der Waals surface area contributed by atoms with Crippen LogP contribution in [0.4, 0.5) is 0 Å². The van der Waals surface area contributed by atoms with Gasteiger partial charge < -0.3 is 5.32 Å². The van der Waals surface area contributed by atoms with Gasteiger partial charge in [0, 0.05) is 21.2 Å². The number of aryl methyl sites for hydroxylation is 1. The number of rotatable bonds is 1. The van der Waals surface area contributed by atoms with E-state index in [4.69, 9.17) is 0 Å². The van der Waals surface area contributed by atoms with Crippen LogP contribution in [0.2, 0.25) is 0 Å². The fourth-order valence-corrected chi connectivity index (χ4v) is 5.78. The summed E-state index contributed by atoms with van der Waals surface area (Å²) in [6, 6.07) is 8.86. The first kappa shape index (κ1) is 15.9. The molecule has 2 aromatic rings. The van der Waals surface area contributed by atoms with E-state index in [1.807, 2.05) is 11.3 Å². The molecule has 0 radical (unpaired) electrons. The maximum Gasteiger partial charge on any atom is 0.0412 e. The summed E-state index contributed by atoms with van der Waals surface area (Å²) in [5.41, 5.74) is 6.85. The van der Waals surface area contributed by atoms with Gasteiger partial charge in [0.05, 0.1) is 0 Å². The standard InChI is InChI=1S/C24H23NS/c1-16-15-17(13-14-25-22-11-4-2-7-18(16)22)19-9-6-10-21-20-8-3-5-12-23(20)26-24(19)21/h3,5,7-9,11-14,17,25H,1-2,4,6,10,15H2/b14-13-. The highest BCUT2D eigenvalue weighted by Gasteiger charge is 2.25. The largest absolute Gasteiger partial charge is 0.362 e. The van der Waals surface area contributed by atoms with Crippen LogP contribution in [-0.4, -0.2) is 0 Å². The van der Waals surface area contributed by atoms with Gasteiger partial charge in [0.25, 0.3) is 0 Å². The molecule has 2 heteroatoms. The quantitative estimate of drug-likeness (QED) is 0.613. The molecule has 0 saturated heterocycles. The number of nitrogens with one attached hydrogen (secondary N) is 1. The van der Waals surface area contributed by atoms with Crippen molar-refractivity contribution in [2.24, 2.45) is 5.92 Å². The van der Waals surface area contributed by atoms with E-state index in [0.29, 0.717) is 5.92 Å². The molecule has 1 N–H and O–H groups in total. The zero-order chi connectivity index (χ0) is 17.5. The first-order valence-corrected chi connectivity index (χ1v) is 10.4. The highest BCUT2D eigenvalue weighted by molar-refractivity contribution is 7.20. The second kappa shape index (κ2) is 6.44. The van der Waals surface area contributed by atoms with Crippen LogP contribution in [0.25, 0.3) is 15.7 Å². The molecule has 1 aliphatic heterocycles. The van der Waals surface area contributed by atoms with Crippen molar-refractivity contribution in [1.82, 2.24) is 5.32 Å². The zero-order valence-electron chi connectivity index (χ0n) is 14.9. The third kappa shape index (κ3) is 2.60. The molecule has 5 rings (SSSR count). The molecule has 0 saturated carbocycles. The van der Waals surface area contributed by atoms with E-state index in [1.54, 1.807) is 5.56 Å². The van der Waals surface area contributed by atoms with E-state index in [0.717, 1.165) is 32.1 Å². The number of hydrogen-bond acceptors (Lipinski definition) is 2. The van der Waals surface area contributed by atoms with Crippen molar-refractivity contribution in [3.8, 4) is 0 Å². The summed E-state index contributed by atoms with van der Waals surface area (Å²) in [6.07, 6.45) is 17.1. The highest BCUT2D eigenvalue weighted by Crippen LogP contribution is 2.44. The van der Waals surface area contributed by atoms with Gasteiger partial charge in [-0.25, -0.2) is 0 Å². The fraction of sp³-hybridized carbons (Fsp3) is 0.250. The average molecular weight is 358 g/mol. The van der Waals surface area contributed by atoms with Crippen molar-refractivity contribution in [2.75, 3.05) is 0 Å². The van der Waals surface area contributed by atoms with Gasteiger partial charge in [-0.05, 0) is 72.0 Å². The molecule has 26 heavy (non-hydrogen) atoms. The van der Waals surface area contributed by atoms with Gasteiger partial charge in [0.15, 0.2) is 0 Å². The Kier molecular flexibility index (Phi) is 3.94. The lowest BCUT2D eigenvalue weighted by Gasteiger charge is -2.27. The van der Waals surface area contributed by atoms with Crippen LogP contribution < -0.4 is 5.32 Å². The first-order valence-electron chi connectivity index (χ1n) is 9.54. The Balaban J connectivity index is 1.55. The third-order valence-electron chi connectivity index (χ3n) is 5.69. The second-order valence-electron chi connectivity index (χ2n) is 7.33. The van der Waals surface area contributed by atoms with Crippen molar-refractivity contribution in [1.29, 1.82) is 0 Å². The van der Waals surface area contributed by atoms with Crippen molar-refractivity contribution in [2.45, 2.75) is 32.1 Å². The zero-order valence-corrected chi connectivity index (χ0v) is 15.7. The van der Waals surface area contributed by atoms with E-state index in [1.165, 1.54) is 37.4 Å². The molecular weight excluding hydrogens is 334 g/mol. The maximum absolute atomic E-state index is 4.44. The average Bonchev–Trinajstić information content (AvgIpc) is 3.05. The molecule has 1 unspecified atom stereocenters. The monoisotopic (exact) mass is 357 g/mol. The molecule has 0 fully saturated rings. The summed E-state index contributed by atoms with van der Waals surface area (Å²) >= 11 is 1.96. The van der Waals surface area contributed by atoms with Crippen LogP contribution in [0.1, 0.15) is 36.1 Å². The van der Waals surface area contributed by atoms with Crippen molar-refractivity contribution in [3.63, 3.8) is 0 Å². The van der Waals surface area contributed by atoms with E-state index in [2.05, 4.69) is 66.7 Å². The van der Waals surface area contributed by atoms with Crippen LogP contribution in [0.3, 0.4) is 0 Å². The van der Waals surface area contributed by atoms with Crippen molar-refractivity contribution < 1.29 is 0 Å². The molecule has 1 nitrogen and oxygen atoms in total. The Morgan fingerprint density at radius 3 is 2.88 bits per heavy atom. The lowest BCUT2D eigenvalue weighted by Crippen LogP contribution is -2.17. The number of hydrogen-bond donors (Lipinski definition) is 1. The minimum Gasteiger partial charge on any atom is -0.362 e.